The normalized spacial score (nSPS) is 13.1. The topological polar surface area (TPSA) is 38.3 Å². The highest BCUT2D eigenvalue weighted by atomic mass is 16.5. The highest BCUT2D eigenvalue weighted by Gasteiger charge is 2.25. The van der Waals surface area contributed by atoms with E-state index in [2.05, 4.69) is 32.2 Å². The van der Waals surface area contributed by atoms with Crippen LogP contribution in [0.3, 0.4) is 0 Å². The van der Waals surface area contributed by atoms with Gasteiger partial charge in [-0.25, -0.2) is 0 Å². The Balaban J connectivity index is 2.03. The van der Waals surface area contributed by atoms with Gasteiger partial charge >= 0.3 is 0 Å². The predicted molar refractivity (Wildman–Crippen MR) is 117 cm³/mol. The van der Waals surface area contributed by atoms with E-state index in [1.165, 1.54) is 31.3 Å². The maximum Gasteiger partial charge on any atom is 0.251 e. The van der Waals surface area contributed by atoms with Gasteiger partial charge < -0.3 is 10.1 Å². The van der Waals surface area contributed by atoms with Crippen LogP contribution in [0.15, 0.2) is 48.1 Å². The van der Waals surface area contributed by atoms with Crippen LogP contribution in [0.1, 0.15) is 75.2 Å². The molecule has 0 heterocycles. The fraction of sp³-hybridized carbons (Fsp3) is 0.480. The number of ether oxygens (including phenoxy) is 1. The van der Waals surface area contributed by atoms with E-state index in [9.17, 15) is 4.79 Å². The Bertz CT molecular complexity index is 741. The first-order valence-electron chi connectivity index (χ1n) is 10.4. The number of benzene rings is 1. The summed E-state index contributed by atoms with van der Waals surface area (Å²) >= 11 is 0. The molecule has 0 unspecified atom stereocenters. The summed E-state index contributed by atoms with van der Waals surface area (Å²) in [5.41, 5.74) is 2.97. The average Bonchev–Trinajstić information content (AvgIpc) is 2.71. The van der Waals surface area contributed by atoms with Crippen molar-refractivity contribution in [3.8, 4) is 5.75 Å². The van der Waals surface area contributed by atoms with Gasteiger partial charge in [0.25, 0.3) is 5.91 Å². The summed E-state index contributed by atoms with van der Waals surface area (Å²) in [6, 6.07) is 5.78. The molecule has 3 nitrogen and oxygen atoms in total. The molecule has 0 saturated heterocycles. The summed E-state index contributed by atoms with van der Waals surface area (Å²) in [6.45, 7) is 7.33. The molecular formula is C25H34NO2+. The lowest BCUT2D eigenvalue weighted by Gasteiger charge is -2.28. The van der Waals surface area contributed by atoms with Crippen molar-refractivity contribution in [1.82, 2.24) is 5.32 Å². The van der Waals surface area contributed by atoms with Gasteiger partial charge in [-0.05, 0) is 30.0 Å². The second-order valence-corrected chi connectivity index (χ2v) is 8.02. The zero-order chi connectivity index (χ0) is 20.4. The number of carbonyl (C=O) groups excluding carboxylic acids is 1. The molecule has 0 aliphatic heterocycles. The summed E-state index contributed by atoms with van der Waals surface area (Å²) < 4.78 is 5.60. The zero-order valence-corrected chi connectivity index (χ0v) is 17.8. The molecule has 0 bridgehead atoms. The van der Waals surface area contributed by atoms with Gasteiger partial charge in [-0.2, -0.15) is 0 Å². The lowest BCUT2D eigenvalue weighted by molar-refractivity contribution is 0.0954. The third-order valence-electron chi connectivity index (χ3n) is 5.33. The average molecular weight is 381 g/mol. The van der Waals surface area contributed by atoms with Gasteiger partial charge in [0, 0.05) is 30.2 Å². The standard InChI is InChI=1S/C25H33NO2/c1-5-6-7-11-17-25(2,3)22-19-21(14-15-23(22)28-4)24(27)26-18-16-20-12-9-8-10-13-20/h9-10,12-15,19H,5-7,11,16-18H2,1-4H3/p+1. The van der Waals surface area contributed by atoms with Gasteiger partial charge in [-0.3, -0.25) is 4.79 Å². The van der Waals surface area contributed by atoms with Crippen LogP contribution in [0.4, 0.5) is 0 Å². The second kappa shape index (κ2) is 10.8. The van der Waals surface area contributed by atoms with Gasteiger partial charge in [-0.15, -0.1) is 0 Å². The number of methoxy groups -OCH3 is 1. The largest absolute Gasteiger partial charge is 0.496 e. The number of nitrogens with one attached hydrogen (secondary N) is 1. The highest BCUT2D eigenvalue weighted by molar-refractivity contribution is 5.94. The smallest absolute Gasteiger partial charge is 0.251 e. The van der Waals surface area contributed by atoms with E-state index in [1.807, 2.05) is 42.5 Å². The molecule has 1 aromatic rings. The van der Waals surface area contributed by atoms with E-state index in [0.717, 1.165) is 24.2 Å². The second-order valence-electron chi connectivity index (χ2n) is 8.02. The number of unbranched alkanes of at least 4 members (excludes halogenated alkanes) is 3. The Labute approximate surface area is 170 Å². The van der Waals surface area contributed by atoms with E-state index in [4.69, 9.17) is 4.74 Å². The van der Waals surface area contributed by atoms with Gasteiger partial charge in [0.2, 0.25) is 0 Å². The summed E-state index contributed by atoms with van der Waals surface area (Å²) in [5, 5.41) is 3.03. The summed E-state index contributed by atoms with van der Waals surface area (Å²) in [7, 11) is 1.70. The van der Waals surface area contributed by atoms with Crippen LogP contribution in [0, 0.1) is 6.08 Å². The maximum atomic E-state index is 12.7. The molecule has 2 rings (SSSR count). The number of allylic oxidation sites excluding steroid dienone is 5. The van der Waals surface area contributed by atoms with Crippen LogP contribution in [0.5, 0.6) is 5.75 Å². The third kappa shape index (κ3) is 6.35. The van der Waals surface area contributed by atoms with Crippen molar-refractivity contribution in [3.05, 3.63) is 65.3 Å². The van der Waals surface area contributed by atoms with Crippen molar-refractivity contribution in [2.24, 2.45) is 0 Å². The quantitative estimate of drug-likeness (QED) is 0.382. The predicted octanol–water partition coefficient (Wildman–Crippen LogP) is 5.92. The van der Waals surface area contributed by atoms with Crippen molar-refractivity contribution in [1.29, 1.82) is 0 Å². The third-order valence-corrected chi connectivity index (χ3v) is 5.33. The molecule has 28 heavy (non-hydrogen) atoms. The van der Waals surface area contributed by atoms with Crippen LogP contribution in [-0.2, 0) is 5.41 Å². The molecule has 0 radical (unpaired) electrons. The van der Waals surface area contributed by atoms with Crippen molar-refractivity contribution >= 4 is 5.91 Å². The van der Waals surface area contributed by atoms with E-state index >= 15 is 0 Å². The van der Waals surface area contributed by atoms with E-state index in [1.54, 1.807) is 7.11 Å². The molecule has 1 amide bonds. The van der Waals surface area contributed by atoms with E-state index < -0.39 is 0 Å². The van der Waals surface area contributed by atoms with E-state index in [-0.39, 0.29) is 11.3 Å². The van der Waals surface area contributed by atoms with Crippen LogP contribution < -0.4 is 10.1 Å². The van der Waals surface area contributed by atoms with Crippen LogP contribution in [-0.4, -0.2) is 19.6 Å². The van der Waals surface area contributed by atoms with Gasteiger partial charge in [-0.1, -0.05) is 46.5 Å². The molecule has 0 atom stereocenters. The Morgan fingerprint density at radius 3 is 2.71 bits per heavy atom. The summed E-state index contributed by atoms with van der Waals surface area (Å²) in [6.07, 6.45) is 17.7. The molecule has 0 fully saturated rings. The number of carbonyl (C=O) groups is 1. The fourth-order valence-corrected chi connectivity index (χ4v) is 3.52. The molecule has 150 valence electrons. The van der Waals surface area contributed by atoms with Crippen molar-refractivity contribution < 1.29 is 9.53 Å². The minimum atomic E-state index is -0.0341. The van der Waals surface area contributed by atoms with Gasteiger partial charge in [0.1, 0.15) is 17.9 Å². The zero-order valence-electron chi connectivity index (χ0n) is 17.8. The lowest BCUT2D eigenvalue weighted by Crippen LogP contribution is -2.26. The Kier molecular flexibility index (Phi) is 8.47. The number of hydrogen-bond acceptors (Lipinski definition) is 2. The fourth-order valence-electron chi connectivity index (χ4n) is 3.52. The molecular weight excluding hydrogens is 346 g/mol. The minimum absolute atomic E-state index is 0.0318. The lowest BCUT2D eigenvalue weighted by atomic mass is 9.78. The first kappa shape index (κ1) is 21.9. The van der Waals surface area contributed by atoms with Gasteiger partial charge in [0.05, 0.1) is 24.8 Å². The first-order valence-corrected chi connectivity index (χ1v) is 10.4. The minimum Gasteiger partial charge on any atom is -0.496 e. The van der Waals surface area contributed by atoms with Gasteiger partial charge in [0.15, 0.2) is 0 Å². The Morgan fingerprint density at radius 2 is 2.04 bits per heavy atom. The van der Waals surface area contributed by atoms with Crippen LogP contribution in [0.2, 0.25) is 0 Å². The molecule has 0 spiro atoms. The molecule has 1 aliphatic rings. The van der Waals surface area contributed by atoms with Crippen molar-refractivity contribution in [3.63, 3.8) is 0 Å². The van der Waals surface area contributed by atoms with Crippen LogP contribution >= 0.6 is 0 Å². The number of amides is 1. The van der Waals surface area contributed by atoms with Crippen molar-refractivity contribution in [2.45, 2.75) is 64.7 Å². The highest BCUT2D eigenvalue weighted by Crippen LogP contribution is 2.36. The number of rotatable bonds is 11. The monoisotopic (exact) mass is 380 g/mol. The first-order chi connectivity index (χ1) is 13.5. The van der Waals surface area contributed by atoms with Crippen LogP contribution in [0.25, 0.3) is 0 Å². The molecule has 1 aromatic carbocycles. The maximum absolute atomic E-state index is 12.7. The van der Waals surface area contributed by atoms with Crippen molar-refractivity contribution in [2.75, 3.05) is 13.7 Å². The summed E-state index contributed by atoms with van der Waals surface area (Å²) in [5.74, 6) is 0.825. The SMILES string of the molecule is CCCCCCC(C)(C)c1cc(C(=O)NCCC2=CC=[C+]C=C2)ccc1OC. The molecule has 1 aliphatic carbocycles. The Hall–Kier alpha value is -2.38. The van der Waals surface area contributed by atoms with E-state index in [0.29, 0.717) is 12.1 Å². The molecule has 0 saturated carbocycles. The summed E-state index contributed by atoms with van der Waals surface area (Å²) in [4.78, 5) is 12.7. The molecule has 0 aromatic heterocycles. The molecule has 1 N–H and O–H groups in total. The Morgan fingerprint density at radius 1 is 1.21 bits per heavy atom. The molecule has 3 heteroatoms. The number of hydrogen-bond donors (Lipinski definition) is 1.